The molecule has 0 heterocycles. The van der Waals surface area contributed by atoms with Crippen molar-refractivity contribution in [3.63, 3.8) is 0 Å². The summed E-state index contributed by atoms with van der Waals surface area (Å²) in [6.45, 7) is 3.03. The Morgan fingerprint density at radius 1 is 1.15 bits per heavy atom. The quantitative estimate of drug-likeness (QED) is 0.669. The third-order valence-corrected chi connectivity index (χ3v) is 5.14. The van der Waals surface area contributed by atoms with Crippen molar-refractivity contribution in [2.45, 2.75) is 45.4 Å². The van der Waals surface area contributed by atoms with Crippen LogP contribution in [0.15, 0.2) is 18.2 Å². The Kier molecular flexibility index (Phi) is 8.43. The third-order valence-electron chi connectivity index (χ3n) is 5.14. The largest absolute Gasteiger partial charge is 0.493 e. The predicted molar refractivity (Wildman–Crippen MR) is 103 cm³/mol. The van der Waals surface area contributed by atoms with E-state index in [0.717, 1.165) is 31.2 Å². The number of hydrogen-bond donors (Lipinski definition) is 1. The minimum atomic E-state index is -0.157. The molecular weight excluding hydrogens is 346 g/mol. The van der Waals surface area contributed by atoms with Crippen molar-refractivity contribution in [2.24, 2.45) is 11.8 Å². The van der Waals surface area contributed by atoms with E-state index >= 15 is 0 Å². The second kappa shape index (κ2) is 10.8. The summed E-state index contributed by atoms with van der Waals surface area (Å²) in [5.74, 6) is 1.30. The molecule has 6 heteroatoms. The number of esters is 1. The lowest BCUT2D eigenvalue weighted by Crippen LogP contribution is -2.37. The van der Waals surface area contributed by atoms with Gasteiger partial charge in [-0.15, -0.1) is 0 Å². The summed E-state index contributed by atoms with van der Waals surface area (Å²) in [5, 5.41) is 2.99. The van der Waals surface area contributed by atoms with Crippen LogP contribution in [0.25, 0.3) is 0 Å². The van der Waals surface area contributed by atoms with E-state index in [0.29, 0.717) is 37.5 Å². The van der Waals surface area contributed by atoms with Gasteiger partial charge in [-0.3, -0.25) is 9.59 Å². The molecule has 1 aliphatic carbocycles. The number of nitrogens with one attached hydrogen (secondary N) is 1. The van der Waals surface area contributed by atoms with Gasteiger partial charge in [-0.25, -0.2) is 0 Å². The molecule has 150 valence electrons. The summed E-state index contributed by atoms with van der Waals surface area (Å²) in [7, 11) is 3.04. The first-order chi connectivity index (χ1) is 13.1. The third kappa shape index (κ3) is 6.15. The average molecular weight is 377 g/mol. The molecule has 1 aliphatic rings. The van der Waals surface area contributed by atoms with Gasteiger partial charge in [0.05, 0.1) is 26.7 Å². The highest BCUT2D eigenvalue weighted by atomic mass is 16.5. The molecule has 1 fully saturated rings. The van der Waals surface area contributed by atoms with E-state index in [2.05, 4.69) is 5.32 Å². The van der Waals surface area contributed by atoms with Crippen LogP contribution >= 0.6 is 0 Å². The molecule has 6 nitrogen and oxygen atoms in total. The van der Waals surface area contributed by atoms with Crippen molar-refractivity contribution in [1.82, 2.24) is 5.32 Å². The maximum atomic E-state index is 12.2. The first-order valence-electron chi connectivity index (χ1n) is 9.73. The minimum absolute atomic E-state index is 0.00274. The van der Waals surface area contributed by atoms with Crippen LogP contribution in [0.5, 0.6) is 11.5 Å². The van der Waals surface area contributed by atoms with E-state index < -0.39 is 0 Å². The molecule has 0 aromatic heterocycles. The molecule has 1 aromatic carbocycles. The van der Waals surface area contributed by atoms with Crippen LogP contribution in [0.2, 0.25) is 0 Å². The SMILES string of the molecule is CCOc1ccc(CCC(=O)NCC2CCCCC2C(=O)OC)cc1OC. The second-order valence-corrected chi connectivity index (χ2v) is 6.90. The summed E-state index contributed by atoms with van der Waals surface area (Å²) in [6, 6.07) is 5.74. The number of methoxy groups -OCH3 is 2. The normalized spacial score (nSPS) is 19.2. The average Bonchev–Trinajstić information content (AvgIpc) is 2.71. The number of benzene rings is 1. The fraction of sp³-hybridized carbons (Fsp3) is 0.619. The van der Waals surface area contributed by atoms with Crippen molar-refractivity contribution in [3.05, 3.63) is 23.8 Å². The number of carbonyl (C=O) groups is 2. The van der Waals surface area contributed by atoms with Crippen LogP contribution in [0.3, 0.4) is 0 Å². The van der Waals surface area contributed by atoms with Gasteiger partial charge in [-0.1, -0.05) is 18.9 Å². The molecule has 0 radical (unpaired) electrons. The lowest BCUT2D eigenvalue weighted by atomic mass is 9.79. The summed E-state index contributed by atoms with van der Waals surface area (Å²) in [5.41, 5.74) is 1.02. The molecule has 2 unspecified atom stereocenters. The van der Waals surface area contributed by atoms with Crippen molar-refractivity contribution >= 4 is 11.9 Å². The molecule has 27 heavy (non-hydrogen) atoms. The Morgan fingerprint density at radius 2 is 1.93 bits per heavy atom. The van der Waals surface area contributed by atoms with Crippen LogP contribution < -0.4 is 14.8 Å². The van der Waals surface area contributed by atoms with Crippen LogP contribution in [0.4, 0.5) is 0 Å². The molecule has 0 aliphatic heterocycles. The minimum Gasteiger partial charge on any atom is -0.493 e. The lowest BCUT2D eigenvalue weighted by Gasteiger charge is -2.29. The van der Waals surface area contributed by atoms with E-state index in [1.165, 1.54) is 7.11 Å². The van der Waals surface area contributed by atoms with E-state index in [4.69, 9.17) is 14.2 Å². The maximum Gasteiger partial charge on any atom is 0.309 e. The highest BCUT2D eigenvalue weighted by Crippen LogP contribution is 2.31. The van der Waals surface area contributed by atoms with Gasteiger partial charge in [0.25, 0.3) is 0 Å². The predicted octanol–water partition coefficient (Wildman–Crippen LogP) is 3.12. The topological polar surface area (TPSA) is 73.9 Å². The standard InChI is InChI=1S/C21H31NO5/c1-4-27-18-11-9-15(13-19(18)25-2)10-12-20(23)22-14-16-7-5-6-8-17(16)21(24)26-3/h9,11,13,16-17H,4-8,10,12,14H2,1-3H3,(H,22,23). The number of amides is 1. The monoisotopic (exact) mass is 377 g/mol. The fourth-order valence-electron chi connectivity index (χ4n) is 3.65. The smallest absolute Gasteiger partial charge is 0.309 e. The Labute approximate surface area is 161 Å². The van der Waals surface area contributed by atoms with Crippen LogP contribution in [0, 0.1) is 11.8 Å². The van der Waals surface area contributed by atoms with Crippen LogP contribution in [-0.4, -0.2) is 39.2 Å². The van der Waals surface area contributed by atoms with Crippen molar-refractivity contribution < 1.29 is 23.8 Å². The van der Waals surface area contributed by atoms with E-state index in [-0.39, 0.29) is 23.7 Å². The van der Waals surface area contributed by atoms with Crippen LogP contribution in [0.1, 0.15) is 44.6 Å². The van der Waals surface area contributed by atoms with Crippen molar-refractivity contribution in [3.8, 4) is 11.5 Å². The molecule has 1 saturated carbocycles. The number of hydrogen-bond acceptors (Lipinski definition) is 5. The van der Waals surface area contributed by atoms with Gasteiger partial charge >= 0.3 is 5.97 Å². The molecule has 0 spiro atoms. The van der Waals surface area contributed by atoms with E-state index in [1.54, 1.807) is 7.11 Å². The number of carbonyl (C=O) groups excluding carboxylic acids is 2. The summed E-state index contributed by atoms with van der Waals surface area (Å²) in [6.07, 6.45) is 4.96. The van der Waals surface area contributed by atoms with Gasteiger partial charge in [0.1, 0.15) is 0 Å². The zero-order chi connectivity index (χ0) is 19.6. The molecule has 0 saturated heterocycles. The maximum absolute atomic E-state index is 12.2. The van der Waals surface area contributed by atoms with Gasteiger partial charge < -0.3 is 19.5 Å². The first-order valence-corrected chi connectivity index (χ1v) is 9.73. The fourth-order valence-corrected chi connectivity index (χ4v) is 3.65. The number of aryl methyl sites for hydroxylation is 1. The lowest BCUT2D eigenvalue weighted by molar-refractivity contribution is -0.148. The molecule has 0 bridgehead atoms. The Hall–Kier alpha value is -2.24. The molecule has 1 aromatic rings. The van der Waals surface area contributed by atoms with Gasteiger partial charge in [-0.05, 0) is 49.8 Å². The Balaban J connectivity index is 1.82. The van der Waals surface area contributed by atoms with Gasteiger partial charge in [-0.2, -0.15) is 0 Å². The summed E-state index contributed by atoms with van der Waals surface area (Å²) in [4.78, 5) is 24.2. The molecule has 1 amide bonds. The number of rotatable bonds is 9. The molecule has 2 rings (SSSR count). The van der Waals surface area contributed by atoms with Gasteiger partial charge in [0, 0.05) is 13.0 Å². The summed E-state index contributed by atoms with van der Waals surface area (Å²) >= 11 is 0. The van der Waals surface area contributed by atoms with Gasteiger partial charge in [0.15, 0.2) is 11.5 Å². The first kappa shape index (κ1) is 21.1. The van der Waals surface area contributed by atoms with Crippen molar-refractivity contribution in [2.75, 3.05) is 27.4 Å². The van der Waals surface area contributed by atoms with Crippen LogP contribution in [-0.2, 0) is 20.7 Å². The molecule has 1 N–H and O–H groups in total. The van der Waals surface area contributed by atoms with Gasteiger partial charge in [0.2, 0.25) is 5.91 Å². The molecule has 2 atom stereocenters. The summed E-state index contributed by atoms with van der Waals surface area (Å²) < 4.78 is 15.8. The zero-order valence-corrected chi connectivity index (χ0v) is 16.6. The van der Waals surface area contributed by atoms with Crippen molar-refractivity contribution in [1.29, 1.82) is 0 Å². The van der Waals surface area contributed by atoms with E-state index in [9.17, 15) is 9.59 Å². The van der Waals surface area contributed by atoms with E-state index in [1.807, 2.05) is 25.1 Å². The second-order valence-electron chi connectivity index (χ2n) is 6.90. The Bertz CT molecular complexity index is 631. The highest BCUT2D eigenvalue weighted by molar-refractivity contribution is 5.76. The highest BCUT2D eigenvalue weighted by Gasteiger charge is 2.31. The Morgan fingerprint density at radius 3 is 2.63 bits per heavy atom. The molecular formula is C21H31NO5. The zero-order valence-electron chi connectivity index (χ0n) is 16.6. The number of ether oxygens (including phenoxy) is 3.